The fourth-order valence-corrected chi connectivity index (χ4v) is 2.83. The minimum Gasteiger partial charge on any atom is -0.465 e. The molecule has 1 aliphatic heterocycles. The van der Waals surface area contributed by atoms with Crippen LogP contribution >= 0.6 is 0 Å². The Kier molecular flexibility index (Phi) is 3.34. The molecule has 4 rings (SSSR count). The molecule has 1 fully saturated rings. The van der Waals surface area contributed by atoms with Gasteiger partial charge in [0.25, 0.3) is 0 Å². The monoisotopic (exact) mass is 321 g/mol. The number of hydrogen-bond acceptors (Lipinski definition) is 4. The minimum atomic E-state index is -0.485. The van der Waals surface area contributed by atoms with E-state index < -0.39 is 7.12 Å². The first-order valence-electron chi connectivity index (χ1n) is 8.16. The average molecular weight is 321 g/mol. The SMILES string of the molecule is CC1(C)OB(c2cc3cc(-c4ccccn4)ccc3o2)OC1(C)C. The van der Waals surface area contributed by atoms with E-state index >= 15 is 0 Å². The number of aromatic nitrogens is 1. The number of hydrogen-bond donors (Lipinski definition) is 0. The van der Waals surface area contributed by atoms with Crippen LogP contribution in [0.1, 0.15) is 27.7 Å². The molecule has 0 unspecified atom stereocenters. The Hall–Kier alpha value is -2.11. The van der Waals surface area contributed by atoms with Crippen molar-refractivity contribution in [1.82, 2.24) is 4.98 Å². The molecule has 0 aliphatic carbocycles. The summed E-state index contributed by atoms with van der Waals surface area (Å²) in [5.41, 5.74) is 2.76. The van der Waals surface area contributed by atoms with E-state index in [9.17, 15) is 0 Å². The van der Waals surface area contributed by atoms with Crippen LogP contribution in [-0.4, -0.2) is 23.3 Å². The van der Waals surface area contributed by atoms with Crippen molar-refractivity contribution in [3.8, 4) is 11.3 Å². The number of pyridine rings is 1. The van der Waals surface area contributed by atoms with Crippen molar-refractivity contribution in [2.24, 2.45) is 0 Å². The standard InChI is InChI=1S/C19H20BNO3/c1-18(2)19(3,4)24-20(23-18)17-12-14-11-13(8-9-16(14)22-17)15-7-5-6-10-21-15/h5-12H,1-4H3. The molecular weight excluding hydrogens is 301 g/mol. The summed E-state index contributed by atoms with van der Waals surface area (Å²) in [5.74, 6) is 0. The Balaban J connectivity index is 1.70. The molecule has 1 saturated heterocycles. The molecule has 3 heterocycles. The first-order valence-corrected chi connectivity index (χ1v) is 8.16. The van der Waals surface area contributed by atoms with Gasteiger partial charge in [0, 0.05) is 17.1 Å². The minimum absolute atomic E-state index is 0.379. The van der Waals surface area contributed by atoms with Gasteiger partial charge in [-0.25, -0.2) is 0 Å². The molecule has 0 amide bonds. The van der Waals surface area contributed by atoms with E-state index in [1.165, 1.54) is 0 Å². The first kappa shape index (κ1) is 15.4. The third-order valence-corrected chi connectivity index (χ3v) is 4.98. The normalized spacial score (nSPS) is 19.1. The van der Waals surface area contributed by atoms with Gasteiger partial charge in [0.15, 0.2) is 0 Å². The highest BCUT2D eigenvalue weighted by Crippen LogP contribution is 2.37. The molecule has 0 atom stereocenters. The highest BCUT2D eigenvalue weighted by atomic mass is 16.7. The first-order chi connectivity index (χ1) is 11.4. The summed E-state index contributed by atoms with van der Waals surface area (Å²) in [5, 5.41) is 1.02. The molecule has 4 nitrogen and oxygen atoms in total. The summed E-state index contributed by atoms with van der Waals surface area (Å²) in [6.07, 6.45) is 1.80. The topological polar surface area (TPSA) is 44.5 Å². The van der Waals surface area contributed by atoms with Crippen LogP contribution in [0.5, 0.6) is 0 Å². The van der Waals surface area contributed by atoms with Crippen LogP contribution in [0.2, 0.25) is 0 Å². The quantitative estimate of drug-likeness (QED) is 0.674. The second kappa shape index (κ2) is 5.20. The van der Waals surface area contributed by atoms with E-state index in [2.05, 4.69) is 11.1 Å². The zero-order valence-corrected chi connectivity index (χ0v) is 14.4. The maximum Gasteiger partial charge on any atom is 0.532 e. The highest BCUT2D eigenvalue weighted by molar-refractivity contribution is 6.61. The Morgan fingerprint density at radius 1 is 0.917 bits per heavy atom. The third-order valence-electron chi connectivity index (χ3n) is 4.98. The molecule has 1 aromatic carbocycles. The fourth-order valence-electron chi connectivity index (χ4n) is 2.83. The molecule has 5 heteroatoms. The van der Waals surface area contributed by atoms with Crippen LogP contribution in [0, 0.1) is 0 Å². The smallest absolute Gasteiger partial charge is 0.465 e. The van der Waals surface area contributed by atoms with Gasteiger partial charge in [-0.05, 0) is 64.1 Å². The molecule has 0 N–H and O–H groups in total. The Morgan fingerprint density at radius 2 is 1.67 bits per heavy atom. The van der Waals surface area contributed by atoms with Crippen molar-refractivity contribution in [1.29, 1.82) is 0 Å². The van der Waals surface area contributed by atoms with Gasteiger partial charge in [0.2, 0.25) is 0 Å². The van der Waals surface area contributed by atoms with Crippen molar-refractivity contribution in [2.75, 3.05) is 0 Å². The van der Waals surface area contributed by atoms with Crippen LogP contribution in [0.4, 0.5) is 0 Å². The van der Waals surface area contributed by atoms with Gasteiger partial charge in [-0.1, -0.05) is 6.07 Å². The van der Waals surface area contributed by atoms with Gasteiger partial charge in [0.05, 0.1) is 16.9 Å². The van der Waals surface area contributed by atoms with Crippen LogP contribution in [-0.2, 0) is 9.31 Å². The lowest BCUT2D eigenvalue weighted by atomic mass is 9.86. The van der Waals surface area contributed by atoms with Crippen molar-refractivity contribution in [2.45, 2.75) is 38.9 Å². The summed E-state index contributed by atoms with van der Waals surface area (Å²) in [4.78, 5) is 4.40. The lowest BCUT2D eigenvalue weighted by molar-refractivity contribution is 0.00578. The molecule has 24 heavy (non-hydrogen) atoms. The van der Waals surface area contributed by atoms with E-state index in [0.717, 1.165) is 22.2 Å². The Labute approximate surface area is 141 Å². The molecule has 0 bridgehead atoms. The van der Waals surface area contributed by atoms with E-state index in [-0.39, 0.29) is 11.2 Å². The summed E-state index contributed by atoms with van der Waals surface area (Å²) in [7, 11) is -0.485. The van der Waals surface area contributed by atoms with Gasteiger partial charge in [-0.3, -0.25) is 4.98 Å². The fraction of sp³-hybridized carbons (Fsp3) is 0.316. The van der Waals surface area contributed by atoms with Crippen LogP contribution in [0.3, 0.4) is 0 Å². The van der Waals surface area contributed by atoms with Gasteiger partial charge >= 0.3 is 7.12 Å². The molecule has 0 radical (unpaired) electrons. The van der Waals surface area contributed by atoms with Crippen LogP contribution in [0.15, 0.2) is 53.1 Å². The molecule has 2 aromatic heterocycles. The predicted octanol–water partition coefficient (Wildman–Crippen LogP) is 3.79. The lowest BCUT2D eigenvalue weighted by Gasteiger charge is -2.32. The van der Waals surface area contributed by atoms with Gasteiger partial charge in [-0.2, -0.15) is 0 Å². The lowest BCUT2D eigenvalue weighted by Crippen LogP contribution is -2.41. The predicted molar refractivity (Wildman–Crippen MR) is 95.2 cm³/mol. The Morgan fingerprint density at radius 3 is 2.33 bits per heavy atom. The van der Waals surface area contributed by atoms with Crippen LogP contribution < -0.4 is 5.66 Å². The van der Waals surface area contributed by atoms with Gasteiger partial charge in [0.1, 0.15) is 11.2 Å². The third kappa shape index (κ3) is 2.45. The maximum atomic E-state index is 6.07. The molecular formula is C19H20BNO3. The van der Waals surface area contributed by atoms with Gasteiger partial charge < -0.3 is 13.7 Å². The second-order valence-electron chi connectivity index (χ2n) is 7.20. The number of rotatable bonds is 2. The molecule has 3 aromatic rings. The van der Waals surface area contributed by atoms with Gasteiger partial charge in [-0.15, -0.1) is 0 Å². The zero-order valence-electron chi connectivity index (χ0n) is 14.4. The molecule has 122 valence electrons. The Bertz CT molecular complexity index is 870. The second-order valence-corrected chi connectivity index (χ2v) is 7.20. The summed E-state index contributed by atoms with van der Waals surface area (Å²) >= 11 is 0. The number of nitrogens with zero attached hydrogens (tertiary/aromatic N) is 1. The maximum absolute atomic E-state index is 6.07. The molecule has 0 spiro atoms. The van der Waals surface area contributed by atoms with E-state index in [1.807, 2.05) is 64.1 Å². The van der Waals surface area contributed by atoms with Crippen LogP contribution in [0.25, 0.3) is 22.2 Å². The summed E-state index contributed by atoms with van der Waals surface area (Å²) in [6, 6.07) is 13.9. The van der Waals surface area contributed by atoms with E-state index in [1.54, 1.807) is 6.20 Å². The highest BCUT2D eigenvalue weighted by Gasteiger charge is 2.53. The number of benzene rings is 1. The zero-order chi connectivity index (χ0) is 16.9. The van der Waals surface area contributed by atoms with E-state index in [0.29, 0.717) is 5.66 Å². The van der Waals surface area contributed by atoms with Crippen molar-refractivity contribution >= 4 is 23.7 Å². The summed E-state index contributed by atoms with van der Waals surface area (Å²) < 4.78 is 18.1. The average Bonchev–Trinajstić information content (AvgIpc) is 3.06. The van der Waals surface area contributed by atoms with Crippen molar-refractivity contribution in [3.63, 3.8) is 0 Å². The van der Waals surface area contributed by atoms with E-state index in [4.69, 9.17) is 13.7 Å². The van der Waals surface area contributed by atoms with Crippen molar-refractivity contribution < 1.29 is 13.7 Å². The molecule has 1 aliphatic rings. The molecule has 0 saturated carbocycles. The number of fused-ring (bicyclic) bond motifs is 1. The summed E-state index contributed by atoms with van der Waals surface area (Å²) in [6.45, 7) is 8.15. The van der Waals surface area contributed by atoms with Crippen molar-refractivity contribution in [3.05, 3.63) is 48.7 Å². The largest absolute Gasteiger partial charge is 0.532 e. The number of furan rings is 1.